The first-order chi connectivity index (χ1) is 11.0. The van der Waals surface area contributed by atoms with Crippen molar-refractivity contribution in [1.29, 1.82) is 0 Å². The van der Waals surface area contributed by atoms with Gasteiger partial charge in [0.2, 0.25) is 5.91 Å². The molecule has 2 aliphatic rings. The van der Waals surface area contributed by atoms with Crippen LogP contribution in [0.5, 0.6) is 0 Å². The molecule has 23 heavy (non-hydrogen) atoms. The standard InChI is InChI=1S/C15H23F2N5O/c16-14(17)22-6-5-19-12(22)11-20-7-9-21(10-8-20)13(23)15(18)3-1-2-4-15/h5-6,14H,1-4,7-11,18H2. The summed E-state index contributed by atoms with van der Waals surface area (Å²) in [7, 11) is 0. The summed E-state index contributed by atoms with van der Waals surface area (Å²) in [5.74, 6) is 0.398. The van der Waals surface area contributed by atoms with Gasteiger partial charge in [0.25, 0.3) is 0 Å². The Morgan fingerprint density at radius 3 is 2.52 bits per heavy atom. The third-order valence-corrected chi connectivity index (χ3v) is 4.91. The van der Waals surface area contributed by atoms with Gasteiger partial charge in [-0.25, -0.2) is 4.98 Å². The fraction of sp³-hybridized carbons (Fsp3) is 0.733. The Morgan fingerprint density at radius 2 is 1.91 bits per heavy atom. The predicted molar refractivity (Wildman–Crippen MR) is 80.7 cm³/mol. The fourth-order valence-corrected chi connectivity index (χ4v) is 3.49. The van der Waals surface area contributed by atoms with Gasteiger partial charge in [0.1, 0.15) is 5.82 Å². The van der Waals surface area contributed by atoms with E-state index in [2.05, 4.69) is 4.98 Å². The molecule has 1 aliphatic carbocycles. The second-order valence-electron chi connectivity index (χ2n) is 6.46. The average molecular weight is 327 g/mol. The topological polar surface area (TPSA) is 67.4 Å². The number of carbonyl (C=O) groups is 1. The van der Waals surface area contributed by atoms with E-state index in [1.54, 1.807) is 0 Å². The van der Waals surface area contributed by atoms with Gasteiger partial charge in [-0.3, -0.25) is 14.3 Å². The second-order valence-corrected chi connectivity index (χ2v) is 6.46. The average Bonchev–Trinajstić information content (AvgIpc) is 3.17. The summed E-state index contributed by atoms with van der Waals surface area (Å²) in [5.41, 5.74) is 5.54. The minimum absolute atomic E-state index is 0.0451. The van der Waals surface area contributed by atoms with Crippen molar-refractivity contribution in [1.82, 2.24) is 19.4 Å². The van der Waals surface area contributed by atoms with Crippen LogP contribution in [0.3, 0.4) is 0 Å². The number of nitrogens with zero attached hydrogens (tertiary/aromatic N) is 4. The van der Waals surface area contributed by atoms with E-state index in [1.165, 1.54) is 12.4 Å². The monoisotopic (exact) mass is 327 g/mol. The maximum absolute atomic E-state index is 12.8. The van der Waals surface area contributed by atoms with Crippen LogP contribution in [0.2, 0.25) is 0 Å². The molecule has 1 aromatic heterocycles. The van der Waals surface area contributed by atoms with E-state index in [0.717, 1.165) is 30.3 Å². The van der Waals surface area contributed by atoms with Crippen LogP contribution in [0.25, 0.3) is 0 Å². The summed E-state index contributed by atoms with van der Waals surface area (Å²) < 4.78 is 26.6. The van der Waals surface area contributed by atoms with Crippen molar-refractivity contribution in [3.05, 3.63) is 18.2 Å². The third kappa shape index (κ3) is 3.37. The molecule has 1 aromatic rings. The molecule has 1 amide bonds. The first-order valence-electron chi connectivity index (χ1n) is 8.10. The molecule has 0 unspecified atom stereocenters. The van der Waals surface area contributed by atoms with Crippen LogP contribution in [-0.4, -0.2) is 57.0 Å². The van der Waals surface area contributed by atoms with Gasteiger partial charge in [-0.15, -0.1) is 0 Å². The van der Waals surface area contributed by atoms with Gasteiger partial charge in [-0.2, -0.15) is 8.78 Å². The Labute approximate surface area is 134 Å². The Hall–Kier alpha value is -1.54. The molecule has 0 atom stereocenters. The van der Waals surface area contributed by atoms with Crippen LogP contribution in [0.1, 0.15) is 38.1 Å². The molecule has 1 aliphatic heterocycles. The van der Waals surface area contributed by atoms with Crippen molar-refractivity contribution < 1.29 is 13.6 Å². The van der Waals surface area contributed by atoms with E-state index in [9.17, 15) is 13.6 Å². The van der Waals surface area contributed by atoms with Crippen LogP contribution < -0.4 is 5.73 Å². The molecule has 0 radical (unpaired) electrons. The van der Waals surface area contributed by atoms with E-state index >= 15 is 0 Å². The molecule has 2 N–H and O–H groups in total. The van der Waals surface area contributed by atoms with Gasteiger partial charge in [0.15, 0.2) is 0 Å². The van der Waals surface area contributed by atoms with Gasteiger partial charge in [0, 0.05) is 38.6 Å². The highest BCUT2D eigenvalue weighted by Gasteiger charge is 2.40. The van der Waals surface area contributed by atoms with Crippen molar-refractivity contribution in [3.8, 4) is 0 Å². The SMILES string of the molecule is NC1(C(=O)N2CCN(Cc3nccn3C(F)F)CC2)CCCC1. The molecule has 0 aromatic carbocycles. The normalized spacial score (nSPS) is 22.0. The highest BCUT2D eigenvalue weighted by atomic mass is 19.3. The van der Waals surface area contributed by atoms with Crippen LogP contribution in [0.15, 0.2) is 12.4 Å². The zero-order valence-corrected chi connectivity index (χ0v) is 13.1. The summed E-state index contributed by atoms with van der Waals surface area (Å²) in [4.78, 5) is 20.4. The smallest absolute Gasteiger partial charge is 0.319 e. The summed E-state index contributed by atoms with van der Waals surface area (Å²) in [6, 6.07) is 0. The number of hydrogen-bond donors (Lipinski definition) is 1. The predicted octanol–water partition coefficient (Wildman–Crippen LogP) is 1.19. The number of carbonyl (C=O) groups excluding carboxylic acids is 1. The number of piperazine rings is 1. The minimum atomic E-state index is -2.57. The maximum Gasteiger partial charge on any atom is 0.319 e. The number of amides is 1. The molecule has 1 saturated heterocycles. The third-order valence-electron chi connectivity index (χ3n) is 4.91. The van der Waals surface area contributed by atoms with Gasteiger partial charge < -0.3 is 10.6 Å². The molecule has 0 bridgehead atoms. The molecule has 1 saturated carbocycles. The van der Waals surface area contributed by atoms with Crippen molar-refractivity contribution in [2.24, 2.45) is 5.73 Å². The Kier molecular flexibility index (Phi) is 4.63. The van der Waals surface area contributed by atoms with Crippen molar-refractivity contribution in [2.45, 2.75) is 44.3 Å². The molecule has 128 valence electrons. The number of imidazole rings is 1. The van der Waals surface area contributed by atoms with Crippen molar-refractivity contribution in [3.63, 3.8) is 0 Å². The van der Waals surface area contributed by atoms with Crippen LogP contribution in [0.4, 0.5) is 8.78 Å². The number of rotatable bonds is 4. The lowest BCUT2D eigenvalue weighted by Crippen LogP contribution is -2.58. The van der Waals surface area contributed by atoms with Gasteiger partial charge in [-0.05, 0) is 12.8 Å². The van der Waals surface area contributed by atoms with Crippen molar-refractivity contribution in [2.75, 3.05) is 26.2 Å². The molecule has 2 heterocycles. The minimum Gasteiger partial charge on any atom is -0.339 e. The lowest BCUT2D eigenvalue weighted by Gasteiger charge is -2.38. The lowest BCUT2D eigenvalue weighted by atomic mass is 9.97. The zero-order chi connectivity index (χ0) is 16.4. The quantitative estimate of drug-likeness (QED) is 0.902. The summed E-state index contributed by atoms with van der Waals surface area (Å²) >= 11 is 0. The zero-order valence-electron chi connectivity index (χ0n) is 13.1. The van der Waals surface area contributed by atoms with Crippen LogP contribution in [-0.2, 0) is 11.3 Å². The number of alkyl halides is 2. The Morgan fingerprint density at radius 1 is 1.26 bits per heavy atom. The molecule has 3 rings (SSSR count). The summed E-state index contributed by atoms with van der Waals surface area (Å²) in [5, 5.41) is 0. The second kappa shape index (κ2) is 6.52. The summed E-state index contributed by atoms with van der Waals surface area (Å²) in [6.45, 7) is 0.276. The first kappa shape index (κ1) is 16.3. The van der Waals surface area contributed by atoms with E-state index in [1.807, 2.05) is 9.80 Å². The number of halogens is 2. The lowest BCUT2D eigenvalue weighted by molar-refractivity contribution is -0.138. The fourth-order valence-electron chi connectivity index (χ4n) is 3.49. The Balaban J connectivity index is 1.54. The van der Waals surface area contributed by atoms with E-state index < -0.39 is 12.1 Å². The Bertz CT molecular complexity index is 548. The maximum atomic E-state index is 12.8. The van der Waals surface area contributed by atoms with Gasteiger partial charge in [-0.1, -0.05) is 12.8 Å². The van der Waals surface area contributed by atoms with E-state index in [-0.39, 0.29) is 5.91 Å². The molecule has 6 nitrogen and oxygen atoms in total. The molecule has 2 fully saturated rings. The van der Waals surface area contributed by atoms with Crippen LogP contribution in [0, 0.1) is 0 Å². The summed E-state index contributed by atoms with van der Waals surface area (Å²) in [6.07, 6.45) is 6.23. The highest BCUT2D eigenvalue weighted by molar-refractivity contribution is 5.86. The first-order valence-corrected chi connectivity index (χ1v) is 8.10. The number of nitrogens with two attached hydrogens (primary N) is 1. The number of hydrogen-bond acceptors (Lipinski definition) is 4. The molecule has 8 heteroatoms. The van der Waals surface area contributed by atoms with Gasteiger partial charge in [0.05, 0.1) is 12.1 Å². The van der Waals surface area contributed by atoms with Crippen molar-refractivity contribution >= 4 is 5.91 Å². The van der Waals surface area contributed by atoms with Gasteiger partial charge >= 0.3 is 6.55 Å². The van der Waals surface area contributed by atoms with E-state index in [0.29, 0.717) is 38.5 Å². The largest absolute Gasteiger partial charge is 0.339 e. The number of aromatic nitrogens is 2. The highest BCUT2D eigenvalue weighted by Crippen LogP contribution is 2.29. The van der Waals surface area contributed by atoms with E-state index in [4.69, 9.17) is 5.73 Å². The molecular formula is C15H23F2N5O. The molecule has 0 spiro atoms. The van der Waals surface area contributed by atoms with Crippen LogP contribution >= 0.6 is 0 Å². The molecular weight excluding hydrogens is 304 g/mol.